The first-order valence-electron chi connectivity index (χ1n) is 7.19. The lowest BCUT2D eigenvalue weighted by Crippen LogP contribution is -2.31. The molecule has 2 rings (SSSR count). The molecule has 8 nitrogen and oxygen atoms in total. The van der Waals surface area contributed by atoms with Crippen LogP contribution >= 0.6 is 11.3 Å². The van der Waals surface area contributed by atoms with Gasteiger partial charge in [0.15, 0.2) is 14.6 Å². The number of amides is 1. The van der Waals surface area contributed by atoms with E-state index in [4.69, 9.17) is 6.42 Å². The highest BCUT2D eigenvalue weighted by molar-refractivity contribution is 7.90. The van der Waals surface area contributed by atoms with Crippen LogP contribution in [0, 0.1) is 12.3 Å². The van der Waals surface area contributed by atoms with Gasteiger partial charge in [0.2, 0.25) is 10.0 Å². The standard InChI is InChI=1S/C15H17N3O5S3/c1-5-8-18-12-7-6-11(25(3,20)21)9-13(12)24-15(18)16-14(19)10-17(2)26(4,22)23/h1,6-7,9H,8,10H2,2-4H3. The highest BCUT2D eigenvalue weighted by atomic mass is 32.2. The summed E-state index contributed by atoms with van der Waals surface area (Å²) in [4.78, 5) is 16.5. The topological polar surface area (TPSA) is 106 Å². The average Bonchev–Trinajstić information content (AvgIpc) is 2.82. The van der Waals surface area contributed by atoms with Gasteiger partial charge in [-0.05, 0) is 18.2 Å². The average molecular weight is 416 g/mol. The van der Waals surface area contributed by atoms with Crippen molar-refractivity contribution in [3.05, 3.63) is 23.0 Å². The van der Waals surface area contributed by atoms with Crippen LogP contribution in [0.3, 0.4) is 0 Å². The van der Waals surface area contributed by atoms with Crippen molar-refractivity contribution >= 4 is 47.3 Å². The molecule has 0 aliphatic rings. The predicted molar refractivity (Wildman–Crippen MR) is 99.8 cm³/mol. The molecule has 1 aromatic heterocycles. The molecule has 0 aliphatic carbocycles. The minimum atomic E-state index is -3.51. The molecule has 140 valence electrons. The van der Waals surface area contributed by atoms with E-state index in [1.807, 2.05) is 0 Å². The lowest BCUT2D eigenvalue weighted by Gasteiger charge is -2.10. The number of hydrogen-bond acceptors (Lipinski definition) is 6. The quantitative estimate of drug-likeness (QED) is 0.642. The second-order valence-electron chi connectivity index (χ2n) is 5.60. The number of sulfone groups is 1. The van der Waals surface area contributed by atoms with Gasteiger partial charge in [-0.15, -0.1) is 6.42 Å². The molecule has 0 unspecified atom stereocenters. The normalized spacial score (nSPS) is 13.3. The largest absolute Gasteiger partial charge is 0.305 e. The van der Waals surface area contributed by atoms with Crippen LogP contribution in [0.15, 0.2) is 28.1 Å². The van der Waals surface area contributed by atoms with E-state index >= 15 is 0 Å². The number of terminal acetylenes is 1. The number of hydrogen-bond donors (Lipinski definition) is 0. The van der Waals surface area contributed by atoms with Crippen LogP contribution in [0.25, 0.3) is 10.2 Å². The number of sulfonamides is 1. The van der Waals surface area contributed by atoms with E-state index in [1.165, 1.54) is 19.2 Å². The molecule has 26 heavy (non-hydrogen) atoms. The third-order valence-electron chi connectivity index (χ3n) is 3.48. The van der Waals surface area contributed by atoms with Gasteiger partial charge in [-0.1, -0.05) is 17.3 Å². The Morgan fingerprint density at radius 2 is 1.96 bits per heavy atom. The first-order chi connectivity index (χ1) is 11.9. The molecule has 0 aliphatic heterocycles. The molecule has 0 N–H and O–H groups in total. The summed E-state index contributed by atoms with van der Waals surface area (Å²) in [6.45, 7) is -0.274. The number of fused-ring (bicyclic) bond motifs is 1. The fourth-order valence-corrected chi connectivity index (χ4v) is 4.22. The second kappa shape index (κ2) is 7.32. The van der Waals surface area contributed by atoms with Crippen molar-refractivity contribution in [1.29, 1.82) is 0 Å². The van der Waals surface area contributed by atoms with Crippen molar-refractivity contribution in [3.63, 3.8) is 0 Å². The Bertz CT molecular complexity index is 1180. The van der Waals surface area contributed by atoms with Crippen molar-refractivity contribution in [2.75, 3.05) is 26.1 Å². The Hall–Kier alpha value is -2.00. The maximum atomic E-state index is 12.1. The van der Waals surface area contributed by atoms with Crippen molar-refractivity contribution in [2.45, 2.75) is 11.4 Å². The molecule has 1 amide bonds. The third kappa shape index (κ3) is 4.59. The lowest BCUT2D eigenvalue weighted by molar-refractivity contribution is -0.118. The molecule has 0 saturated carbocycles. The van der Waals surface area contributed by atoms with E-state index in [9.17, 15) is 21.6 Å². The Morgan fingerprint density at radius 1 is 1.31 bits per heavy atom. The Balaban J connectivity index is 2.57. The molecule has 0 fully saturated rings. The van der Waals surface area contributed by atoms with Crippen LogP contribution in [0.1, 0.15) is 0 Å². The van der Waals surface area contributed by atoms with Gasteiger partial charge in [-0.2, -0.15) is 9.30 Å². The number of nitrogens with zero attached hydrogens (tertiary/aromatic N) is 3. The zero-order chi connectivity index (χ0) is 19.7. The third-order valence-corrected chi connectivity index (χ3v) is 6.89. The smallest absolute Gasteiger partial charge is 0.263 e. The minimum Gasteiger partial charge on any atom is -0.305 e. The summed E-state index contributed by atoms with van der Waals surface area (Å²) >= 11 is 1.10. The molecule has 0 atom stereocenters. The zero-order valence-corrected chi connectivity index (χ0v) is 16.8. The van der Waals surface area contributed by atoms with Crippen LogP contribution in [0.4, 0.5) is 0 Å². The molecule has 0 bridgehead atoms. The predicted octanol–water partition coefficient (Wildman–Crippen LogP) is 0.0582. The van der Waals surface area contributed by atoms with Gasteiger partial charge in [-0.25, -0.2) is 16.8 Å². The number of benzene rings is 1. The number of likely N-dealkylation sites (N-methyl/N-ethyl adjacent to an activating group) is 1. The van der Waals surface area contributed by atoms with E-state index in [0.717, 1.165) is 28.2 Å². The van der Waals surface area contributed by atoms with Crippen LogP contribution < -0.4 is 4.80 Å². The highest BCUT2D eigenvalue weighted by Crippen LogP contribution is 2.21. The van der Waals surface area contributed by atoms with Crippen molar-refractivity contribution < 1.29 is 21.6 Å². The van der Waals surface area contributed by atoms with Crippen LogP contribution in [-0.2, 0) is 31.2 Å². The Morgan fingerprint density at radius 3 is 2.50 bits per heavy atom. The van der Waals surface area contributed by atoms with E-state index in [1.54, 1.807) is 10.6 Å². The van der Waals surface area contributed by atoms with Gasteiger partial charge in [0.25, 0.3) is 5.91 Å². The highest BCUT2D eigenvalue weighted by Gasteiger charge is 2.16. The fraction of sp³-hybridized carbons (Fsp3) is 0.333. The van der Waals surface area contributed by atoms with Gasteiger partial charge in [0.1, 0.15) is 0 Å². The van der Waals surface area contributed by atoms with Gasteiger partial charge >= 0.3 is 0 Å². The minimum absolute atomic E-state index is 0.131. The molecular formula is C15H17N3O5S3. The number of carbonyl (C=O) groups excluding carboxylic acids is 1. The first-order valence-corrected chi connectivity index (χ1v) is 11.7. The summed E-state index contributed by atoms with van der Waals surface area (Å²) in [5.41, 5.74) is 0.642. The van der Waals surface area contributed by atoms with E-state index < -0.39 is 32.3 Å². The van der Waals surface area contributed by atoms with Gasteiger partial charge in [0, 0.05) is 13.3 Å². The lowest BCUT2D eigenvalue weighted by atomic mass is 10.3. The van der Waals surface area contributed by atoms with E-state index in [-0.39, 0.29) is 16.2 Å². The Kier molecular flexibility index (Phi) is 5.72. The van der Waals surface area contributed by atoms with Gasteiger partial charge in [0.05, 0.1) is 34.5 Å². The summed E-state index contributed by atoms with van der Waals surface area (Å²) in [5.74, 6) is 1.81. The molecule has 11 heteroatoms. The fourth-order valence-electron chi connectivity index (χ4n) is 2.06. The van der Waals surface area contributed by atoms with Crippen molar-refractivity contribution in [3.8, 4) is 12.3 Å². The number of aromatic nitrogens is 1. The van der Waals surface area contributed by atoms with Crippen molar-refractivity contribution in [1.82, 2.24) is 8.87 Å². The summed E-state index contributed by atoms with van der Waals surface area (Å²) < 4.78 is 49.3. The summed E-state index contributed by atoms with van der Waals surface area (Å²) in [7, 11) is -5.61. The number of thiazole rings is 1. The SMILES string of the molecule is C#CCn1c(=NC(=O)CN(C)S(C)(=O)=O)sc2cc(S(C)(=O)=O)ccc21. The Labute approximate surface area is 155 Å². The van der Waals surface area contributed by atoms with Crippen LogP contribution in [0.5, 0.6) is 0 Å². The monoisotopic (exact) mass is 415 g/mol. The molecule has 1 heterocycles. The number of rotatable bonds is 5. The summed E-state index contributed by atoms with van der Waals surface area (Å²) in [5, 5.41) is 0. The van der Waals surface area contributed by atoms with Gasteiger partial charge < -0.3 is 4.57 Å². The van der Waals surface area contributed by atoms with E-state index in [2.05, 4.69) is 10.9 Å². The van der Waals surface area contributed by atoms with E-state index in [0.29, 0.717) is 10.2 Å². The van der Waals surface area contributed by atoms with Gasteiger partial charge in [-0.3, -0.25) is 4.79 Å². The number of carbonyl (C=O) groups is 1. The zero-order valence-electron chi connectivity index (χ0n) is 14.3. The molecule has 0 radical (unpaired) electrons. The first kappa shape index (κ1) is 20.3. The summed E-state index contributed by atoms with van der Waals surface area (Å²) in [6, 6.07) is 4.56. The maximum Gasteiger partial charge on any atom is 0.263 e. The summed E-state index contributed by atoms with van der Waals surface area (Å²) in [6.07, 6.45) is 7.47. The van der Waals surface area contributed by atoms with Crippen LogP contribution in [-0.4, -0.2) is 57.7 Å². The van der Waals surface area contributed by atoms with Crippen LogP contribution in [0.2, 0.25) is 0 Å². The molecular weight excluding hydrogens is 398 g/mol. The van der Waals surface area contributed by atoms with Crippen molar-refractivity contribution in [2.24, 2.45) is 4.99 Å². The molecule has 0 spiro atoms. The molecule has 1 aromatic carbocycles. The molecule has 2 aromatic rings. The second-order valence-corrected chi connectivity index (χ2v) is 10.7. The molecule has 0 saturated heterocycles. The maximum absolute atomic E-state index is 12.1.